The summed E-state index contributed by atoms with van der Waals surface area (Å²) in [6, 6.07) is 13.1. The highest BCUT2D eigenvalue weighted by atomic mass is 16.1. The zero-order chi connectivity index (χ0) is 15.4. The number of nitrogens with one attached hydrogen (secondary N) is 2. The van der Waals surface area contributed by atoms with Gasteiger partial charge in [0.2, 0.25) is 5.95 Å². The van der Waals surface area contributed by atoms with E-state index in [4.69, 9.17) is 0 Å². The fourth-order valence-electron chi connectivity index (χ4n) is 1.85. The topological polar surface area (TPSA) is 84.7 Å². The van der Waals surface area contributed by atoms with Crippen molar-refractivity contribution in [1.29, 1.82) is 0 Å². The van der Waals surface area contributed by atoms with Crippen molar-refractivity contribution in [3.05, 3.63) is 71.0 Å². The summed E-state index contributed by atoms with van der Waals surface area (Å²) in [5, 5.41) is 0. The summed E-state index contributed by atoms with van der Waals surface area (Å²) in [5.41, 5.74) is 7.10. The van der Waals surface area contributed by atoms with E-state index in [-0.39, 0.29) is 5.95 Å². The molecule has 110 valence electrons. The zero-order valence-corrected chi connectivity index (χ0v) is 11.9. The number of anilines is 2. The number of pyridine rings is 1. The third kappa shape index (κ3) is 3.09. The Bertz CT molecular complexity index is 831. The molecule has 0 bridgehead atoms. The van der Waals surface area contributed by atoms with Crippen molar-refractivity contribution >= 4 is 11.6 Å². The van der Waals surface area contributed by atoms with Crippen molar-refractivity contribution in [3.8, 4) is 5.82 Å². The molecule has 22 heavy (non-hydrogen) atoms. The summed E-state index contributed by atoms with van der Waals surface area (Å²) >= 11 is 0. The fourth-order valence-corrected chi connectivity index (χ4v) is 1.85. The predicted molar refractivity (Wildman–Crippen MR) is 83.8 cm³/mol. The highest BCUT2D eigenvalue weighted by Crippen LogP contribution is 2.06. The van der Waals surface area contributed by atoms with Crippen LogP contribution >= 0.6 is 0 Å². The van der Waals surface area contributed by atoms with E-state index in [1.165, 1.54) is 10.9 Å². The Morgan fingerprint density at radius 2 is 1.86 bits per heavy atom. The second kappa shape index (κ2) is 6.04. The van der Waals surface area contributed by atoms with Crippen molar-refractivity contribution in [2.75, 3.05) is 10.9 Å². The van der Waals surface area contributed by atoms with Gasteiger partial charge in [0.1, 0.15) is 12.1 Å². The van der Waals surface area contributed by atoms with Gasteiger partial charge in [0.05, 0.1) is 5.69 Å². The Balaban J connectivity index is 1.79. The van der Waals surface area contributed by atoms with Gasteiger partial charge in [0.25, 0.3) is 0 Å². The first kappa shape index (κ1) is 13.7. The van der Waals surface area contributed by atoms with E-state index in [1.54, 1.807) is 12.3 Å². The lowest BCUT2D eigenvalue weighted by Crippen LogP contribution is -2.25. The number of aryl methyl sites for hydroxylation is 1. The average Bonchev–Trinajstić information content (AvgIpc) is 2.54. The first-order valence-electron chi connectivity index (χ1n) is 6.68. The third-order valence-corrected chi connectivity index (χ3v) is 2.94. The summed E-state index contributed by atoms with van der Waals surface area (Å²) in [4.78, 5) is 24.2. The van der Waals surface area contributed by atoms with Crippen LogP contribution in [0, 0.1) is 6.92 Å². The Kier molecular flexibility index (Phi) is 3.78. The molecule has 2 aromatic heterocycles. The molecule has 3 rings (SSSR count). The summed E-state index contributed by atoms with van der Waals surface area (Å²) in [5.74, 6) is 0.685. The molecule has 0 atom stereocenters. The number of aromatic nitrogens is 4. The molecule has 0 saturated carbocycles. The van der Waals surface area contributed by atoms with Crippen molar-refractivity contribution in [2.24, 2.45) is 0 Å². The van der Waals surface area contributed by atoms with E-state index in [9.17, 15) is 4.79 Å². The monoisotopic (exact) mass is 294 g/mol. The van der Waals surface area contributed by atoms with Crippen LogP contribution in [-0.4, -0.2) is 19.5 Å². The molecule has 3 aromatic rings. The first-order valence-corrected chi connectivity index (χ1v) is 6.68. The average molecular weight is 294 g/mol. The van der Waals surface area contributed by atoms with Crippen LogP contribution in [0.25, 0.3) is 5.82 Å². The Labute approximate surface area is 126 Å². The highest BCUT2D eigenvalue weighted by molar-refractivity contribution is 5.46. The van der Waals surface area contributed by atoms with Crippen molar-refractivity contribution in [2.45, 2.75) is 6.92 Å². The Morgan fingerprint density at radius 1 is 1.05 bits per heavy atom. The van der Waals surface area contributed by atoms with E-state index in [1.807, 2.05) is 43.3 Å². The molecule has 0 amide bonds. The minimum absolute atomic E-state index is 0.192. The lowest BCUT2D eigenvalue weighted by Gasteiger charge is -2.08. The number of benzene rings is 1. The minimum Gasteiger partial charge on any atom is -0.298 e. The molecular weight excluding hydrogens is 280 g/mol. The molecule has 0 fully saturated rings. The standard InChI is InChI=1S/C15H14N6O/c1-11-7-8-16-13(9-11)21-10-17-14(18-15(21)22)20-19-12-5-3-2-4-6-12/h2-10,19H,1H3,(H,18,20,22). The van der Waals surface area contributed by atoms with Gasteiger partial charge in [0.15, 0.2) is 0 Å². The lowest BCUT2D eigenvalue weighted by molar-refractivity contribution is 0.836. The molecule has 7 nitrogen and oxygen atoms in total. The van der Waals surface area contributed by atoms with Crippen molar-refractivity contribution < 1.29 is 0 Å². The van der Waals surface area contributed by atoms with Gasteiger partial charge < -0.3 is 0 Å². The van der Waals surface area contributed by atoms with Crippen LogP contribution in [0.5, 0.6) is 0 Å². The van der Waals surface area contributed by atoms with Gasteiger partial charge in [-0.25, -0.2) is 19.3 Å². The molecule has 2 heterocycles. The summed E-state index contributed by atoms with van der Waals surface area (Å²) in [6.45, 7) is 1.93. The van der Waals surface area contributed by atoms with E-state index in [2.05, 4.69) is 25.8 Å². The first-order chi connectivity index (χ1) is 10.7. The third-order valence-electron chi connectivity index (χ3n) is 2.94. The van der Waals surface area contributed by atoms with Crippen molar-refractivity contribution in [1.82, 2.24) is 19.5 Å². The van der Waals surface area contributed by atoms with Crippen LogP contribution in [-0.2, 0) is 0 Å². The molecule has 0 spiro atoms. The van der Waals surface area contributed by atoms with Crippen LogP contribution in [0.3, 0.4) is 0 Å². The van der Waals surface area contributed by atoms with Crippen LogP contribution < -0.4 is 16.5 Å². The molecule has 0 aliphatic rings. The predicted octanol–water partition coefficient (Wildman–Crippen LogP) is 1.77. The number of nitrogens with zero attached hydrogens (tertiary/aromatic N) is 4. The smallest absolute Gasteiger partial charge is 0.298 e. The van der Waals surface area contributed by atoms with Gasteiger partial charge in [-0.2, -0.15) is 4.98 Å². The van der Waals surface area contributed by atoms with Gasteiger partial charge in [0, 0.05) is 6.20 Å². The Hall–Kier alpha value is -3.22. The number of rotatable bonds is 4. The highest BCUT2D eigenvalue weighted by Gasteiger charge is 2.05. The maximum absolute atomic E-state index is 12.1. The lowest BCUT2D eigenvalue weighted by atomic mass is 10.3. The minimum atomic E-state index is -0.453. The quantitative estimate of drug-likeness (QED) is 0.713. The van der Waals surface area contributed by atoms with Gasteiger partial charge in [-0.3, -0.25) is 10.9 Å². The van der Waals surface area contributed by atoms with E-state index < -0.39 is 5.69 Å². The second-order valence-electron chi connectivity index (χ2n) is 4.64. The number of hydrogen-bond donors (Lipinski definition) is 2. The van der Waals surface area contributed by atoms with Crippen LogP contribution in [0.4, 0.5) is 11.6 Å². The zero-order valence-electron chi connectivity index (χ0n) is 11.9. The summed E-state index contributed by atoms with van der Waals surface area (Å²) in [6.07, 6.45) is 3.03. The fraction of sp³-hybridized carbons (Fsp3) is 0.0667. The molecule has 0 aliphatic heterocycles. The largest absolute Gasteiger partial charge is 0.357 e. The molecule has 2 N–H and O–H groups in total. The number of para-hydroxylation sites is 1. The second-order valence-corrected chi connectivity index (χ2v) is 4.64. The number of hydrogen-bond acceptors (Lipinski definition) is 6. The Morgan fingerprint density at radius 3 is 2.59 bits per heavy atom. The SMILES string of the molecule is Cc1ccnc(-n2cnc(NNc3ccccc3)nc2=O)c1. The normalized spacial score (nSPS) is 10.2. The molecule has 0 unspecified atom stereocenters. The maximum atomic E-state index is 12.1. The van der Waals surface area contributed by atoms with Crippen LogP contribution in [0.15, 0.2) is 59.8 Å². The molecule has 0 radical (unpaired) electrons. The van der Waals surface area contributed by atoms with E-state index in [0.29, 0.717) is 5.82 Å². The van der Waals surface area contributed by atoms with E-state index in [0.717, 1.165) is 11.3 Å². The van der Waals surface area contributed by atoms with Crippen molar-refractivity contribution in [3.63, 3.8) is 0 Å². The van der Waals surface area contributed by atoms with Crippen LogP contribution in [0.1, 0.15) is 5.56 Å². The summed E-state index contributed by atoms with van der Waals surface area (Å²) < 4.78 is 1.29. The molecule has 0 aliphatic carbocycles. The van der Waals surface area contributed by atoms with E-state index >= 15 is 0 Å². The molecular formula is C15H14N6O. The van der Waals surface area contributed by atoms with Gasteiger partial charge in [-0.1, -0.05) is 18.2 Å². The number of hydrazine groups is 1. The maximum Gasteiger partial charge on any atom is 0.357 e. The molecule has 7 heteroatoms. The molecule has 1 aromatic carbocycles. The molecule has 0 saturated heterocycles. The van der Waals surface area contributed by atoms with Gasteiger partial charge in [-0.05, 0) is 36.8 Å². The van der Waals surface area contributed by atoms with Crippen LogP contribution in [0.2, 0.25) is 0 Å². The van der Waals surface area contributed by atoms with Gasteiger partial charge in [-0.15, -0.1) is 0 Å². The van der Waals surface area contributed by atoms with Gasteiger partial charge >= 0.3 is 5.69 Å². The summed E-state index contributed by atoms with van der Waals surface area (Å²) in [7, 11) is 0.